The number of aromatic nitrogens is 1. The van der Waals surface area contributed by atoms with Gasteiger partial charge in [-0.3, -0.25) is 9.98 Å². The second kappa shape index (κ2) is 12.0. The summed E-state index contributed by atoms with van der Waals surface area (Å²) < 4.78 is 19.8. The SMILES string of the molecule is CN=C(NCCc1ccccc1)NCc1ccc(Oc2cccnc2)c(F)c1.I. The fraction of sp³-hybridized carbons (Fsp3) is 0.182. The van der Waals surface area contributed by atoms with Gasteiger partial charge in [-0.1, -0.05) is 36.4 Å². The molecule has 0 bridgehead atoms. The molecule has 0 saturated carbocycles. The zero-order valence-corrected chi connectivity index (χ0v) is 18.5. The number of nitrogens with zero attached hydrogens (tertiary/aromatic N) is 2. The van der Waals surface area contributed by atoms with Crippen molar-refractivity contribution in [2.45, 2.75) is 13.0 Å². The molecule has 3 rings (SSSR count). The van der Waals surface area contributed by atoms with Crippen LogP contribution in [0.3, 0.4) is 0 Å². The number of guanidine groups is 1. The molecule has 0 radical (unpaired) electrons. The maximum Gasteiger partial charge on any atom is 0.191 e. The number of hydrogen-bond donors (Lipinski definition) is 2. The van der Waals surface area contributed by atoms with E-state index in [9.17, 15) is 4.39 Å². The lowest BCUT2D eigenvalue weighted by Gasteiger charge is -2.13. The molecule has 0 saturated heterocycles. The molecule has 1 heterocycles. The van der Waals surface area contributed by atoms with Gasteiger partial charge in [0.15, 0.2) is 17.5 Å². The summed E-state index contributed by atoms with van der Waals surface area (Å²) in [6, 6.07) is 18.6. The first-order valence-corrected chi connectivity index (χ1v) is 9.09. The third-order valence-corrected chi connectivity index (χ3v) is 4.09. The number of hydrogen-bond acceptors (Lipinski definition) is 3. The van der Waals surface area contributed by atoms with Gasteiger partial charge < -0.3 is 15.4 Å². The fourth-order valence-electron chi connectivity index (χ4n) is 2.65. The summed E-state index contributed by atoms with van der Waals surface area (Å²) in [5.74, 6) is 0.916. The van der Waals surface area contributed by atoms with E-state index in [1.54, 1.807) is 37.6 Å². The van der Waals surface area contributed by atoms with Crippen molar-refractivity contribution < 1.29 is 9.13 Å². The predicted molar refractivity (Wildman–Crippen MR) is 124 cm³/mol. The van der Waals surface area contributed by atoms with Crippen LogP contribution >= 0.6 is 24.0 Å². The summed E-state index contributed by atoms with van der Waals surface area (Å²) in [5.41, 5.74) is 2.05. The summed E-state index contributed by atoms with van der Waals surface area (Å²) in [7, 11) is 1.71. The first-order valence-electron chi connectivity index (χ1n) is 9.09. The van der Waals surface area contributed by atoms with Crippen LogP contribution in [-0.4, -0.2) is 24.5 Å². The van der Waals surface area contributed by atoms with Crippen LogP contribution in [0.5, 0.6) is 11.5 Å². The van der Waals surface area contributed by atoms with Crippen molar-refractivity contribution in [3.8, 4) is 11.5 Å². The van der Waals surface area contributed by atoms with Gasteiger partial charge in [-0.25, -0.2) is 4.39 Å². The lowest BCUT2D eigenvalue weighted by atomic mass is 10.1. The van der Waals surface area contributed by atoms with Crippen LogP contribution in [0.15, 0.2) is 78.0 Å². The Morgan fingerprint density at radius 2 is 1.86 bits per heavy atom. The second-order valence-corrected chi connectivity index (χ2v) is 6.14. The van der Waals surface area contributed by atoms with E-state index in [4.69, 9.17) is 4.74 Å². The Bertz CT molecular complexity index is 907. The van der Waals surface area contributed by atoms with Gasteiger partial charge >= 0.3 is 0 Å². The van der Waals surface area contributed by atoms with E-state index in [-0.39, 0.29) is 29.7 Å². The Hall–Kier alpha value is -2.68. The van der Waals surface area contributed by atoms with E-state index in [0.29, 0.717) is 18.3 Å². The van der Waals surface area contributed by atoms with Crippen LogP contribution in [0.4, 0.5) is 4.39 Å². The Morgan fingerprint density at radius 3 is 2.55 bits per heavy atom. The van der Waals surface area contributed by atoms with Crippen LogP contribution in [0.2, 0.25) is 0 Å². The summed E-state index contributed by atoms with van der Waals surface area (Å²) in [6.45, 7) is 1.21. The standard InChI is InChI=1S/C22H23FN4O.HI/c1-24-22(26-13-11-17-6-3-2-4-7-17)27-15-18-9-10-21(20(23)14-18)28-19-8-5-12-25-16-19;/h2-10,12,14,16H,11,13,15H2,1H3,(H2,24,26,27);1H. The first-order chi connectivity index (χ1) is 13.7. The topological polar surface area (TPSA) is 58.5 Å². The molecule has 152 valence electrons. The van der Waals surface area contributed by atoms with Crippen LogP contribution in [-0.2, 0) is 13.0 Å². The number of aliphatic imine (C=N–C) groups is 1. The molecule has 0 aliphatic rings. The monoisotopic (exact) mass is 506 g/mol. The molecule has 2 aromatic carbocycles. The van der Waals surface area contributed by atoms with E-state index in [2.05, 4.69) is 32.7 Å². The smallest absolute Gasteiger partial charge is 0.191 e. The molecule has 7 heteroatoms. The molecule has 29 heavy (non-hydrogen) atoms. The van der Waals surface area contributed by atoms with Crippen molar-refractivity contribution in [1.29, 1.82) is 0 Å². The predicted octanol–water partition coefficient (Wildman–Crippen LogP) is 4.54. The average Bonchev–Trinajstić information content (AvgIpc) is 2.74. The molecule has 0 amide bonds. The van der Waals surface area contributed by atoms with Gasteiger partial charge in [0.1, 0.15) is 5.75 Å². The number of ether oxygens (including phenoxy) is 1. The number of pyridine rings is 1. The van der Waals surface area contributed by atoms with E-state index >= 15 is 0 Å². The Kier molecular flexibility index (Phi) is 9.36. The van der Waals surface area contributed by atoms with E-state index in [1.165, 1.54) is 11.6 Å². The van der Waals surface area contributed by atoms with Crippen molar-refractivity contribution in [3.63, 3.8) is 0 Å². The molecule has 0 fully saturated rings. The molecule has 3 aromatic rings. The summed E-state index contributed by atoms with van der Waals surface area (Å²) >= 11 is 0. The lowest BCUT2D eigenvalue weighted by molar-refractivity contribution is 0.440. The summed E-state index contributed by atoms with van der Waals surface area (Å²) in [5, 5.41) is 6.45. The molecule has 0 atom stereocenters. The van der Waals surface area contributed by atoms with Crippen molar-refractivity contribution in [2.24, 2.45) is 4.99 Å². The molecule has 0 aliphatic carbocycles. The molecule has 1 aromatic heterocycles. The first kappa shape index (κ1) is 22.6. The molecule has 5 nitrogen and oxygen atoms in total. The zero-order valence-electron chi connectivity index (χ0n) is 16.1. The van der Waals surface area contributed by atoms with Crippen LogP contribution in [0.25, 0.3) is 0 Å². The fourth-order valence-corrected chi connectivity index (χ4v) is 2.65. The Labute approximate surface area is 187 Å². The average molecular weight is 506 g/mol. The van der Waals surface area contributed by atoms with E-state index in [1.807, 2.05) is 24.3 Å². The highest BCUT2D eigenvalue weighted by molar-refractivity contribution is 14.0. The highest BCUT2D eigenvalue weighted by atomic mass is 127. The zero-order chi connectivity index (χ0) is 19.6. The molecule has 0 spiro atoms. The van der Waals surface area contributed by atoms with Gasteiger partial charge in [0.05, 0.1) is 6.20 Å². The van der Waals surface area contributed by atoms with Crippen molar-refractivity contribution >= 4 is 29.9 Å². The number of halogens is 2. The van der Waals surface area contributed by atoms with Crippen molar-refractivity contribution in [3.05, 3.63) is 90.0 Å². The minimum atomic E-state index is -0.421. The normalized spacial score (nSPS) is 10.8. The van der Waals surface area contributed by atoms with Gasteiger partial charge in [-0.2, -0.15) is 0 Å². The second-order valence-electron chi connectivity index (χ2n) is 6.14. The van der Waals surface area contributed by atoms with E-state index in [0.717, 1.165) is 18.5 Å². The van der Waals surface area contributed by atoms with Crippen LogP contribution < -0.4 is 15.4 Å². The highest BCUT2D eigenvalue weighted by Gasteiger charge is 2.07. The van der Waals surface area contributed by atoms with Gasteiger partial charge in [0.2, 0.25) is 0 Å². The van der Waals surface area contributed by atoms with Crippen LogP contribution in [0, 0.1) is 5.82 Å². The molecular weight excluding hydrogens is 482 g/mol. The summed E-state index contributed by atoms with van der Waals surface area (Å²) in [6.07, 6.45) is 4.08. The Morgan fingerprint density at radius 1 is 1.03 bits per heavy atom. The highest BCUT2D eigenvalue weighted by Crippen LogP contribution is 2.24. The van der Waals surface area contributed by atoms with Crippen molar-refractivity contribution in [2.75, 3.05) is 13.6 Å². The third-order valence-electron chi connectivity index (χ3n) is 4.09. The minimum Gasteiger partial charge on any atom is -0.453 e. The summed E-state index contributed by atoms with van der Waals surface area (Å²) in [4.78, 5) is 8.15. The van der Waals surface area contributed by atoms with Gasteiger partial charge in [0.25, 0.3) is 0 Å². The number of nitrogens with one attached hydrogen (secondary N) is 2. The number of benzene rings is 2. The van der Waals surface area contributed by atoms with E-state index < -0.39 is 5.82 Å². The largest absolute Gasteiger partial charge is 0.453 e. The Balaban J connectivity index is 0.00000300. The van der Waals surface area contributed by atoms with Gasteiger partial charge in [-0.05, 0) is 41.8 Å². The van der Waals surface area contributed by atoms with Crippen molar-refractivity contribution in [1.82, 2.24) is 15.6 Å². The molecule has 2 N–H and O–H groups in total. The van der Waals surface area contributed by atoms with Crippen LogP contribution in [0.1, 0.15) is 11.1 Å². The number of rotatable bonds is 7. The lowest BCUT2D eigenvalue weighted by Crippen LogP contribution is -2.37. The minimum absolute atomic E-state index is 0. The maximum atomic E-state index is 14.3. The van der Waals surface area contributed by atoms with Gasteiger partial charge in [-0.15, -0.1) is 24.0 Å². The molecule has 0 unspecified atom stereocenters. The molecular formula is C22H24FIN4O. The van der Waals surface area contributed by atoms with Gasteiger partial charge in [0, 0.05) is 26.3 Å². The quantitative estimate of drug-likeness (QED) is 0.281. The molecule has 0 aliphatic heterocycles. The third kappa shape index (κ3) is 7.34. The maximum absolute atomic E-state index is 14.3.